The van der Waals surface area contributed by atoms with Crippen LogP contribution in [0.4, 0.5) is 5.82 Å². The summed E-state index contributed by atoms with van der Waals surface area (Å²) in [5.41, 5.74) is 0.814. The van der Waals surface area contributed by atoms with Crippen molar-refractivity contribution >= 4 is 17.9 Å². The van der Waals surface area contributed by atoms with Gasteiger partial charge in [-0.1, -0.05) is 0 Å². The van der Waals surface area contributed by atoms with Gasteiger partial charge in [-0.2, -0.15) is 0 Å². The van der Waals surface area contributed by atoms with E-state index in [4.69, 9.17) is 9.84 Å². The summed E-state index contributed by atoms with van der Waals surface area (Å²) < 4.78 is 5.49. The van der Waals surface area contributed by atoms with E-state index in [1.807, 2.05) is 19.2 Å². The average molecular weight is 276 g/mol. The molecule has 2 rings (SSSR count). The lowest BCUT2D eigenvalue weighted by Crippen LogP contribution is -2.31. The Hall–Kier alpha value is -1.88. The molecule has 20 heavy (non-hydrogen) atoms. The molecule has 1 aromatic rings. The van der Waals surface area contributed by atoms with Crippen molar-refractivity contribution in [3.63, 3.8) is 0 Å². The van der Waals surface area contributed by atoms with Crippen molar-refractivity contribution in [2.75, 3.05) is 31.7 Å². The fourth-order valence-electron chi connectivity index (χ4n) is 2.44. The van der Waals surface area contributed by atoms with E-state index in [2.05, 4.69) is 9.88 Å². The Balaban J connectivity index is 2.08. The van der Waals surface area contributed by atoms with Gasteiger partial charge in [0.05, 0.1) is 6.61 Å². The number of anilines is 1. The van der Waals surface area contributed by atoms with Crippen molar-refractivity contribution < 1.29 is 14.6 Å². The summed E-state index contributed by atoms with van der Waals surface area (Å²) in [4.78, 5) is 17.1. The van der Waals surface area contributed by atoms with Gasteiger partial charge in [0.1, 0.15) is 5.82 Å². The summed E-state index contributed by atoms with van der Waals surface area (Å²) >= 11 is 0. The second kappa shape index (κ2) is 7.05. The first-order valence-electron chi connectivity index (χ1n) is 6.81. The molecule has 5 nitrogen and oxygen atoms in total. The summed E-state index contributed by atoms with van der Waals surface area (Å²) in [7, 11) is 1.98. The minimum Gasteiger partial charge on any atom is -0.478 e. The molecule has 1 fully saturated rings. The van der Waals surface area contributed by atoms with Gasteiger partial charge in [-0.05, 0) is 37.0 Å². The minimum atomic E-state index is -0.955. The highest BCUT2D eigenvalue weighted by atomic mass is 16.5. The first-order chi connectivity index (χ1) is 9.66. The Labute approximate surface area is 118 Å². The molecule has 1 N–H and O–H groups in total. The molecule has 0 aromatic carbocycles. The highest BCUT2D eigenvalue weighted by Crippen LogP contribution is 2.21. The van der Waals surface area contributed by atoms with E-state index in [9.17, 15) is 4.79 Å². The van der Waals surface area contributed by atoms with Crippen molar-refractivity contribution in [3.05, 3.63) is 30.0 Å². The SMILES string of the molecule is CN(CC1CCCOC1)c1ncccc1/C=C/C(=O)O. The maximum Gasteiger partial charge on any atom is 0.328 e. The molecule has 0 radical (unpaired) electrons. The maximum absolute atomic E-state index is 10.6. The summed E-state index contributed by atoms with van der Waals surface area (Å²) in [6, 6.07) is 3.68. The highest BCUT2D eigenvalue weighted by Gasteiger charge is 2.17. The quantitative estimate of drug-likeness (QED) is 0.834. The fourth-order valence-corrected chi connectivity index (χ4v) is 2.44. The van der Waals surface area contributed by atoms with Crippen LogP contribution < -0.4 is 4.90 Å². The van der Waals surface area contributed by atoms with E-state index in [1.165, 1.54) is 0 Å². The van der Waals surface area contributed by atoms with Crippen molar-refractivity contribution in [2.45, 2.75) is 12.8 Å². The van der Waals surface area contributed by atoms with Gasteiger partial charge in [-0.3, -0.25) is 0 Å². The van der Waals surface area contributed by atoms with Crippen LogP contribution in [0.5, 0.6) is 0 Å². The molecule has 0 spiro atoms. The number of carbonyl (C=O) groups is 1. The van der Waals surface area contributed by atoms with E-state index < -0.39 is 5.97 Å². The zero-order valence-corrected chi connectivity index (χ0v) is 11.7. The number of carboxylic acid groups (broad SMARTS) is 1. The second-order valence-electron chi connectivity index (χ2n) is 5.05. The average Bonchev–Trinajstić information content (AvgIpc) is 2.46. The Bertz CT molecular complexity index is 482. The number of hydrogen-bond donors (Lipinski definition) is 1. The molecule has 0 amide bonds. The molecule has 1 aliphatic rings. The predicted molar refractivity (Wildman–Crippen MR) is 77.7 cm³/mol. The van der Waals surface area contributed by atoms with Crippen molar-refractivity contribution in [1.82, 2.24) is 4.98 Å². The van der Waals surface area contributed by atoms with Crippen LogP contribution in [-0.4, -0.2) is 42.9 Å². The topological polar surface area (TPSA) is 62.7 Å². The number of hydrogen-bond acceptors (Lipinski definition) is 4. The standard InChI is InChI=1S/C15H20N2O3/c1-17(10-12-4-3-9-20-11-12)15-13(5-2-8-16-15)6-7-14(18)19/h2,5-8,12H,3-4,9-11H2,1H3,(H,18,19)/b7-6+. The van der Waals surface area contributed by atoms with Crippen LogP contribution in [0.2, 0.25) is 0 Å². The zero-order valence-electron chi connectivity index (χ0n) is 11.7. The molecular formula is C15H20N2O3. The molecule has 1 saturated heterocycles. The third-order valence-corrected chi connectivity index (χ3v) is 3.37. The number of rotatable bonds is 5. The van der Waals surface area contributed by atoms with Crippen LogP contribution in [0.3, 0.4) is 0 Å². The molecule has 1 atom stereocenters. The molecule has 1 aliphatic heterocycles. The summed E-state index contributed by atoms with van der Waals surface area (Å²) in [6.45, 7) is 2.51. The smallest absolute Gasteiger partial charge is 0.328 e. The van der Waals surface area contributed by atoms with Crippen LogP contribution >= 0.6 is 0 Å². The van der Waals surface area contributed by atoms with Crippen molar-refractivity contribution in [1.29, 1.82) is 0 Å². The first-order valence-corrected chi connectivity index (χ1v) is 6.81. The minimum absolute atomic E-state index is 0.507. The fraction of sp³-hybridized carbons (Fsp3) is 0.467. The predicted octanol–water partition coefficient (Wildman–Crippen LogP) is 2.04. The Morgan fingerprint density at radius 1 is 1.65 bits per heavy atom. The number of aromatic nitrogens is 1. The molecule has 0 saturated carbocycles. The van der Waals surface area contributed by atoms with E-state index in [0.717, 1.165) is 50.1 Å². The summed E-state index contributed by atoms with van der Waals surface area (Å²) in [5, 5.41) is 8.73. The van der Waals surface area contributed by atoms with Crippen molar-refractivity contribution in [2.24, 2.45) is 5.92 Å². The molecule has 5 heteroatoms. The molecule has 0 bridgehead atoms. The maximum atomic E-state index is 10.6. The summed E-state index contributed by atoms with van der Waals surface area (Å²) in [5.74, 6) is 0.353. The lowest BCUT2D eigenvalue weighted by Gasteiger charge is -2.28. The molecular weight excluding hydrogens is 256 g/mol. The Morgan fingerprint density at radius 3 is 3.20 bits per heavy atom. The lowest BCUT2D eigenvalue weighted by atomic mass is 10.0. The van der Waals surface area contributed by atoms with E-state index >= 15 is 0 Å². The highest BCUT2D eigenvalue weighted by molar-refractivity contribution is 5.86. The third kappa shape index (κ3) is 4.06. The van der Waals surface area contributed by atoms with E-state index in [1.54, 1.807) is 12.3 Å². The normalized spacial score (nSPS) is 19.1. The molecule has 1 aromatic heterocycles. The number of carboxylic acids is 1. The lowest BCUT2D eigenvalue weighted by molar-refractivity contribution is -0.131. The third-order valence-electron chi connectivity index (χ3n) is 3.37. The summed E-state index contributed by atoms with van der Waals surface area (Å²) in [6.07, 6.45) is 6.71. The Morgan fingerprint density at radius 2 is 2.50 bits per heavy atom. The Kier molecular flexibility index (Phi) is 5.12. The zero-order chi connectivity index (χ0) is 14.4. The monoisotopic (exact) mass is 276 g/mol. The van der Waals surface area contributed by atoms with Crippen LogP contribution in [-0.2, 0) is 9.53 Å². The van der Waals surface area contributed by atoms with Crippen LogP contribution in [0.25, 0.3) is 6.08 Å². The van der Waals surface area contributed by atoms with Gasteiger partial charge in [0.15, 0.2) is 0 Å². The van der Waals surface area contributed by atoms with Gasteiger partial charge in [0.2, 0.25) is 0 Å². The van der Waals surface area contributed by atoms with Crippen LogP contribution in [0, 0.1) is 5.92 Å². The number of pyridine rings is 1. The first kappa shape index (κ1) is 14.5. The number of aliphatic carboxylic acids is 1. The van der Waals surface area contributed by atoms with E-state index in [0.29, 0.717) is 5.92 Å². The number of ether oxygens (including phenoxy) is 1. The van der Waals surface area contributed by atoms with Crippen LogP contribution in [0.15, 0.2) is 24.4 Å². The van der Waals surface area contributed by atoms with Gasteiger partial charge >= 0.3 is 5.97 Å². The van der Waals surface area contributed by atoms with Crippen molar-refractivity contribution in [3.8, 4) is 0 Å². The van der Waals surface area contributed by atoms with Gasteiger partial charge in [-0.15, -0.1) is 0 Å². The van der Waals surface area contributed by atoms with E-state index in [-0.39, 0.29) is 0 Å². The molecule has 1 unspecified atom stereocenters. The largest absolute Gasteiger partial charge is 0.478 e. The van der Waals surface area contributed by atoms with Gasteiger partial charge in [0.25, 0.3) is 0 Å². The van der Waals surface area contributed by atoms with Crippen LogP contribution in [0.1, 0.15) is 18.4 Å². The van der Waals surface area contributed by atoms with Gasteiger partial charge in [-0.25, -0.2) is 9.78 Å². The molecule has 2 heterocycles. The molecule has 0 aliphatic carbocycles. The van der Waals surface area contributed by atoms with Gasteiger partial charge in [0, 0.05) is 38.0 Å². The molecule has 108 valence electrons. The van der Waals surface area contributed by atoms with Gasteiger partial charge < -0.3 is 14.7 Å². The second-order valence-corrected chi connectivity index (χ2v) is 5.05. The number of nitrogens with zero attached hydrogens (tertiary/aromatic N) is 2.